The zero-order valence-electron chi connectivity index (χ0n) is 13.7. The molecule has 6 heteroatoms. The molecule has 21 heavy (non-hydrogen) atoms. The van der Waals surface area contributed by atoms with Gasteiger partial charge in [-0.3, -0.25) is 5.10 Å². The standard InChI is InChI=1S/C15H26N2P4/c1-14(2,3)11-10(21(19)20-18)7-9-8-16-17-13(9)12(11)15(4,5)6/h7-8,20H,18-19H2,1-6H3,(H,16,17). The molecule has 2 aromatic rings. The lowest BCUT2D eigenvalue weighted by atomic mass is 9.74. The Bertz CT molecular complexity index is 650. The average molecular weight is 358 g/mol. The molecule has 0 radical (unpaired) electrons. The second-order valence-corrected chi connectivity index (χ2v) is 16.6. The van der Waals surface area contributed by atoms with Crippen molar-refractivity contribution in [1.82, 2.24) is 10.2 Å². The maximum Gasteiger partial charge on any atom is 0.0691 e. The molecule has 0 spiro atoms. The second-order valence-electron chi connectivity index (χ2n) is 7.48. The molecule has 1 aromatic heterocycles. The minimum Gasteiger partial charge on any atom is -0.278 e. The van der Waals surface area contributed by atoms with Crippen LogP contribution in [0.4, 0.5) is 0 Å². The maximum atomic E-state index is 4.30. The molecule has 0 bridgehead atoms. The highest BCUT2D eigenvalue weighted by atomic mass is 32.6. The molecular weight excluding hydrogens is 332 g/mol. The van der Waals surface area contributed by atoms with Gasteiger partial charge in [0.1, 0.15) is 0 Å². The summed E-state index contributed by atoms with van der Waals surface area (Å²) in [6.45, 7) is 13.9. The summed E-state index contributed by atoms with van der Waals surface area (Å²) in [6.07, 6.45) is 1.96. The predicted octanol–water partition coefficient (Wildman–Crippen LogP) is 5.44. The molecule has 0 amide bonds. The number of nitrogens with zero attached hydrogens (tertiary/aromatic N) is 1. The van der Waals surface area contributed by atoms with Gasteiger partial charge in [-0.1, -0.05) is 49.5 Å². The van der Waals surface area contributed by atoms with Gasteiger partial charge < -0.3 is 0 Å². The zero-order valence-corrected chi connectivity index (χ0v) is 17.9. The van der Waals surface area contributed by atoms with E-state index in [0.717, 1.165) is 7.96 Å². The van der Waals surface area contributed by atoms with Crippen molar-refractivity contribution >= 4 is 49.3 Å². The molecule has 116 valence electrons. The van der Waals surface area contributed by atoms with Crippen LogP contribution in [0.5, 0.6) is 0 Å². The fourth-order valence-corrected chi connectivity index (χ4v) is 6.76. The van der Waals surface area contributed by atoms with E-state index in [9.17, 15) is 0 Å². The van der Waals surface area contributed by atoms with Gasteiger partial charge in [-0.15, -0.1) is 17.9 Å². The molecule has 0 saturated carbocycles. The number of fused-ring (bicyclic) bond motifs is 1. The summed E-state index contributed by atoms with van der Waals surface area (Å²) in [5.41, 5.74) is 4.35. The molecule has 0 aliphatic rings. The van der Waals surface area contributed by atoms with E-state index in [1.165, 1.54) is 27.3 Å². The van der Waals surface area contributed by atoms with E-state index in [1.54, 1.807) is 0 Å². The predicted molar refractivity (Wildman–Crippen MR) is 108 cm³/mol. The Labute approximate surface area is 135 Å². The fourth-order valence-electron chi connectivity index (χ4n) is 2.85. The van der Waals surface area contributed by atoms with Gasteiger partial charge in [0, 0.05) is 5.39 Å². The first kappa shape index (κ1) is 17.8. The Morgan fingerprint density at radius 3 is 2.14 bits per heavy atom. The van der Waals surface area contributed by atoms with Crippen molar-refractivity contribution in [1.29, 1.82) is 0 Å². The van der Waals surface area contributed by atoms with Crippen molar-refractivity contribution < 1.29 is 0 Å². The largest absolute Gasteiger partial charge is 0.278 e. The fraction of sp³-hybridized carbons (Fsp3) is 0.533. The van der Waals surface area contributed by atoms with E-state index in [-0.39, 0.29) is 18.1 Å². The molecule has 1 aromatic carbocycles. The Morgan fingerprint density at radius 1 is 1.10 bits per heavy atom. The molecular formula is C15H26N2P4. The first-order valence-electron chi connectivity index (χ1n) is 7.09. The lowest BCUT2D eigenvalue weighted by Crippen LogP contribution is -2.28. The van der Waals surface area contributed by atoms with Gasteiger partial charge in [0.05, 0.1) is 11.7 Å². The zero-order chi connectivity index (χ0) is 16.0. The number of nitrogens with one attached hydrogen (secondary N) is 1. The first-order valence-corrected chi connectivity index (χ1v) is 13.7. The normalized spacial score (nSPS) is 15.2. The lowest BCUT2D eigenvalue weighted by Gasteiger charge is -2.34. The summed E-state index contributed by atoms with van der Waals surface area (Å²) in [5.74, 6) is 0. The van der Waals surface area contributed by atoms with Gasteiger partial charge in [-0.25, -0.2) is 0 Å². The van der Waals surface area contributed by atoms with Crippen LogP contribution < -0.4 is 5.30 Å². The Balaban J connectivity index is 2.96. The minimum absolute atomic E-state index is 0.0915. The van der Waals surface area contributed by atoms with Crippen molar-refractivity contribution in [3.05, 3.63) is 23.4 Å². The minimum atomic E-state index is -0.210. The quantitative estimate of drug-likeness (QED) is 0.712. The summed E-state index contributed by atoms with van der Waals surface area (Å²) >= 11 is 0. The smallest absolute Gasteiger partial charge is 0.0691 e. The summed E-state index contributed by atoms with van der Waals surface area (Å²) in [6, 6.07) is 2.35. The van der Waals surface area contributed by atoms with Crippen LogP contribution in [0, 0.1) is 0 Å². The Hall–Kier alpha value is 0.410. The Morgan fingerprint density at radius 2 is 1.67 bits per heavy atom. The summed E-state index contributed by atoms with van der Waals surface area (Å²) in [7, 11) is 6.65. The third kappa shape index (κ3) is 3.51. The van der Waals surface area contributed by atoms with Gasteiger partial charge >= 0.3 is 0 Å². The third-order valence-corrected chi connectivity index (χ3v) is 13.7. The maximum absolute atomic E-state index is 4.30. The molecule has 2 nitrogen and oxygen atoms in total. The number of aromatic nitrogens is 2. The second kappa shape index (κ2) is 6.13. The van der Waals surface area contributed by atoms with Gasteiger partial charge in [-0.05, 0) is 40.6 Å². The lowest BCUT2D eigenvalue weighted by molar-refractivity contribution is 0.537. The van der Waals surface area contributed by atoms with Crippen LogP contribution in [0.2, 0.25) is 0 Å². The molecule has 4 atom stereocenters. The topological polar surface area (TPSA) is 28.7 Å². The van der Waals surface area contributed by atoms with Crippen LogP contribution >= 0.6 is 33.1 Å². The highest BCUT2D eigenvalue weighted by Crippen LogP contribution is 2.66. The van der Waals surface area contributed by atoms with Crippen molar-refractivity contribution in [2.75, 3.05) is 0 Å². The van der Waals surface area contributed by atoms with Gasteiger partial charge in [-0.2, -0.15) is 5.10 Å². The van der Waals surface area contributed by atoms with Crippen LogP contribution in [0.3, 0.4) is 0 Å². The molecule has 0 aliphatic carbocycles. The van der Waals surface area contributed by atoms with E-state index in [4.69, 9.17) is 0 Å². The number of benzene rings is 1. The molecule has 0 aliphatic heterocycles. The number of H-pyrrole nitrogens is 1. The number of aromatic amines is 1. The molecule has 0 saturated heterocycles. The van der Waals surface area contributed by atoms with E-state index < -0.39 is 0 Å². The van der Waals surface area contributed by atoms with Gasteiger partial charge in [0.25, 0.3) is 0 Å². The molecule has 1 N–H and O–H groups in total. The molecule has 4 unspecified atom stereocenters. The monoisotopic (exact) mass is 358 g/mol. The average Bonchev–Trinajstić information content (AvgIpc) is 2.80. The SMILES string of the molecule is CC(C)(C)c1c(P(P)PP)cc2cn[nH]c2c1C(C)(C)C. The van der Waals surface area contributed by atoms with Crippen molar-refractivity contribution in [3.8, 4) is 0 Å². The number of rotatable bonds is 2. The third-order valence-electron chi connectivity index (χ3n) is 3.62. The summed E-state index contributed by atoms with van der Waals surface area (Å²) in [5, 5.41) is 10.3. The Kier molecular flexibility index (Phi) is 5.19. The van der Waals surface area contributed by atoms with Gasteiger partial charge in [0.15, 0.2) is 0 Å². The van der Waals surface area contributed by atoms with Crippen molar-refractivity contribution in [3.63, 3.8) is 0 Å². The van der Waals surface area contributed by atoms with Crippen LogP contribution in [0.15, 0.2) is 12.3 Å². The van der Waals surface area contributed by atoms with Gasteiger partial charge in [0.2, 0.25) is 0 Å². The van der Waals surface area contributed by atoms with E-state index in [0.29, 0.717) is 0 Å². The van der Waals surface area contributed by atoms with E-state index in [1.807, 2.05) is 6.20 Å². The van der Waals surface area contributed by atoms with E-state index >= 15 is 0 Å². The first-order chi connectivity index (χ1) is 9.57. The molecule has 0 fully saturated rings. The van der Waals surface area contributed by atoms with E-state index in [2.05, 4.69) is 75.7 Å². The molecule has 2 rings (SSSR count). The van der Waals surface area contributed by atoms with Crippen molar-refractivity contribution in [2.45, 2.75) is 52.4 Å². The summed E-state index contributed by atoms with van der Waals surface area (Å²) < 4.78 is 0. The van der Waals surface area contributed by atoms with Crippen LogP contribution in [-0.4, -0.2) is 10.2 Å². The highest BCUT2D eigenvalue weighted by molar-refractivity contribution is 8.63. The van der Waals surface area contributed by atoms with Crippen LogP contribution in [0.1, 0.15) is 52.7 Å². The highest BCUT2D eigenvalue weighted by Gasteiger charge is 2.31. The van der Waals surface area contributed by atoms with Crippen molar-refractivity contribution in [2.24, 2.45) is 0 Å². The number of hydrogen-bond acceptors (Lipinski definition) is 1. The molecule has 1 heterocycles. The summed E-state index contributed by atoms with van der Waals surface area (Å²) in [4.78, 5) is 0. The van der Waals surface area contributed by atoms with Crippen LogP contribution in [-0.2, 0) is 10.8 Å². The number of hydrogen-bond donors (Lipinski definition) is 1. The van der Waals surface area contributed by atoms with Crippen LogP contribution in [0.25, 0.3) is 10.9 Å².